The molecule has 0 unspecified atom stereocenters. The molecule has 3 amide bonds. The summed E-state index contributed by atoms with van der Waals surface area (Å²) in [6, 6.07) is -4.73. The molecule has 370 valence electrons. The van der Waals surface area contributed by atoms with E-state index in [-0.39, 0.29) is 0 Å². The summed E-state index contributed by atoms with van der Waals surface area (Å²) in [5.41, 5.74) is 0. The highest BCUT2D eigenvalue weighted by molar-refractivity contribution is 5.74. The number of rotatable bonds is 15. The summed E-state index contributed by atoms with van der Waals surface area (Å²) < 4.78 is 52.6. The van der Waals surface area contributed by atoms with Gasteiger partial charge in [0.15, 0.2) is 31.5 Å². The number of nitrogens with one attached hydrogen (secondary N) is 3. The van der Waals surface area contributed by atoms with Gasteiger partial charge in [0.25, 0.3) is 0 Å². The summed E-state index contributed by atoms with van der Waals surface area (Å²) in [7, 11) is 0. The minimum atomic E-state index is -2.20. The van der Waals surface area contributed by atoms with Gasteiger partial charge >= 0.3 is 0 Å². The van der Waals surface area contributed by atoms with Gasteiger partial charge < -0.3 is 125 Å². The molecule has 0 bridgehead atoms. The summed E-state index contributed by atoms with van der Waals surface area (Å²) in [5.74, 6) is -2.23. The van der Waals surface area contributed by atoms with Crippen molar-refractivity contribution in [3.05, 3.63) is 0 Å². The predicted octanol–water partition coefficient (Wildman–Crippen LogP) is -10.5. The largest absolute Gasteiger partial charge is 0.394 e. The monoisotopic (exact) mass is 935 g/mol. The van der Waals surface area contributed by atoms with Gasteiger partial charge in [0.2, 0.25) is 17.7 Å². The molecule has 5 aliphatic rings. The molecule has 28 heteroatoms. The van der Waals surface area contributed by atoms with Crippen molar-refractivity contribution in [2.24, 2.45) is 0 Å². The number of ether oxygens (including phenoxy) is 9. The van der Waals surface area contributed by atoms with E-state index in [1.54, 1.807) is 0 Å². The lowest BCUT2D eigenvalue weighted by Crippen LogP contribution is -2.71. The van der Waals surface area contributed by atoms with Crippen LogP contribution in [-0.2, 0) is 57.0 Å². The smallest absolute Gasteiger partial charge is 0.217 e. The van der Waals surface area contributed by atoms with Gasteiger partial charge in [-0.2, -0.15) is 0 Å². The molecule has 5 saturated heterocycles. The Labute approximate surface area is 364 Å². The van der Waals surface area contributed by atoms with Gasteiger partial charge in [-0.05, 0) is 6.92 Å². The summed E-state index contributed by atoms with van der Waals surface area (Å²) >= 11 is 0. The second-order valence-electron chi connectivity index (χ2n) is 16.1. The van der Waals surface area contributed by atoms with E-state index in [4.69, 9.17) is 42.6 Å². The van der Waals surface area contributed by atoms with Gasteiger partial charge in [0.05, 0.1) is 38.6 Å². The molecule has 16 N–H and O–H groups in total. The summed E-state index contributed by atoms with van der Waals surface area (Å²) in [4.78, 5) is 37.0. The number of aliphatic hydroxyl groups is 13. The van der Waals surface area contributed by atoms with Crippen molar-refractivity contribution < 1.29 is 123 Å². The third-order valence-electron chi connectivity index (χ3n) is 11.5. The fraction of sp³-hybridized carbons (Fsp3) is 0.917. The molecule has 0 aromatic carbocycles. The number of carbonyl (C=O) groups excluding carboxylic acids is 3. The Morgan fingerprint density at radius 1 is 0.406 bits per heavy atom. The first-order valence-corrected chi connectivity index (χ1v) is 20.4. The highest BCUT2D eigenvalue weighted by Crippen LogP contribution is 2.37. The van der Waals surface area contributed by atoms with Crippen LogP contribution >= 0.6 is 0 Å². The Kier molecular flexibility index (Phi) is 18.5. The van der Waals surface area contributed by atoms with Crippen LogP contribution in [0.3, 0.4) is 0 Å². The molecule has 25 atom stereocenters. The maximum Gasteiger partial charge on any atom is 0.217 e. The number of hydrogen-bond donors (Lipinski definition) is 16. The molecule has 28 nitrogen and oxygen atoms in total. The van der Waals surface area contributed by atoms with Crippen molar-refractivity contribution in [2.75, 3.05) is 26.4 Å². The van der Waals surface area contributed by atoms with Crippen molar-refractivity contribution in [2.45, 2.75) is 181 Å². The highest BCUT2D eigenvalue weighted by atomic mass is 16.8. The van der Waals surface area contributed by atoms with Gasteiger partial charge in [-0.3, -0.25) is 14.4 Å². The van der Waals surface area contributed by atoms with E-state index in [0.29, 0.717) is 0 Å². The first-order chi connectivity index (χ1) is 30.2. The van der Waals surface area contributed by atoms with Crippen LogP contribution in [0.2, 0.25) is 0 Å². The van der Waals surface area contributed by atoms with E-state index < -0.39 is 197 Å². The van der Waals surface area contributed by atoms with Crippen molar-refractivity contribution in [1.82, 2.24) is 16.0 Å². The molecule has 5 aliphatic heterocycles. The van der Waals surface area contributed by atoms with Crippen molar-refractivity contribution in [1.29, 1.82) is 0 Å². The van der Waals surface area contributed by atoms with Crippen LogP contribution in [0, 0.1) is 0 Å². The second kappa shape index (κ2) is 22.6. The first-order valence-electron chi connectivity index (χ1n) is 20.4. The minimum Gasteiger partial charge on any atom is -0.394 e. The van der Waals surface area contributed by atoms with E-state index in [9.17, 15) is 80.8 Å². The van der Waals surface area contributed by atoms with E-state index in [0.717, 1.165) is 20.8 Å². The number of aliphatic hydroxyl groups excluding tert-OH is 13. The molecule has 0 aromatic heterocycles. The lowest BCUT2D eigenvalue weighted by molar-refractivity contribution is -0.393. The van der Waals surface area contributed by atoms with Crippen LogP contribution in [0.15, 0.2) is 0 Å². The fourth-order valence-electron chi connectivity index (χ4n) is 8.20. The molecule has 5 rings (SSSR count). The van der Waals surface area contributed by atoms with E-state index in [1.807, 2.05) is 0 Å². The van der Waals surface area contributed by atoms with Crippen LogP contribution in [0.4, 0.5) is 0 Å². The van der Waals surface area contributed by atoms with Gasteiger partial charge in [-0.15, -0.1) is 0 Å². The third-order valence-corrected chi connectivity index (χ3v) is 11.5. The summed E-state index contributed by atoms with van der Waals surface area (Å²) in [6.45, 7) is 0.793. The van der Waals surface area contributed by atoms with Crippen molar-refractivity contribution in [3.63, 3.8) is 0 Å². The molecule has 0 aliphatic carbocycles. The Balaban J connectivity index is 1.55. The SMILES string of the molecule is CC(=O)N[C@H]1[C@@H](O)[C@@H](C)O[C@H](O[C@@H]2[C@H](O[C@@H]3O[C@H](CO)[C@H](O)[C@H](O[C@H]4O[C@H](CO)[C@H](O)[C@H](O)[C@H]4NC(C)=O)[C@H]3NC(C)=O)[C@@H](O)[C@@H](O[C@H]3[C@H](O)[C@@H](O)[C@@H](O)O[C@@H]3CO)O[C@@H]2CO)[C@@H]1O. The molecule has 5 fully saturated rings. The molecule has 0 spiro atoms. The average Bonchev–Trinajstić information content (AvgIpc) is 3.24. The summed E-state index contributed by atoms with van der Waals surface area (Å²) in [6.07, 6.45) is -39.7. The topological polar surface area (TPSA) is 433 Å². The van der Waals surface area contributed by atoms with Crippen LogP contribution in [0.5, 0.6) is 0 Å². The first kappa shape index (κ1) is 52.5. The molecular weight excluding hydrogens is 874 g/mol. The van der Waals surface area contributed by atoms with Crippen LogP contribution < -0.4 is 16.0 Å². The van der Waals surface area contributed by atoms with Gasteiger partial charge in [-0.25, -0.2) is 0 Å². The van der Waals surface area contributed by atoms with Crippen LogP contribution in [0.25, 0.3) is 0 Å². The molecule has 64 heavy (non-hydrogen) atoms. The average molecular weight is 936 g/mol. The standard InChI is InChI=1S/C36H61N3O25/c1-9-20(47)17(37-10(2)44)24(51)35(56-9)62-29-16(8-43)60-36(61-28-15(7-42)57-32(55)26(53)25(28)52)27(54)31(29)64-34-19(39-12(4)46)30(22(49)14(6-41)59-34)63-33-18(38-11(3)45)23(50)21(48)13(5-40)58-33/h9,13-36,40-43,47-55H,5-8H2,1-4H3,(H,37,44)(H,38,45)(H,39,46)/t9-,13-,14-,15-,16-,17+,18-,19-,20+,21+,22+,23-,24-,25-,26-,27-,28-,29+,30-,31-,32+,33-,34+,35-,36-/m1/s1. The second-order valence-corrected chi connectivity index (χ2v) is 16.1. The van der Waals surface area contributed by atoms with Crippen molar-refractivity contribution in [3.8, 4) is 0 Å². The summed E-state index contributed by atoms with van der Waals surface area (Å²) in [5, 5.41) is 147. The van der Waals surface area contributed by atoms with E-state index >= 15 is 0 Å². The zero-order valence-corrected chi connectivity index (χ0v) is 35.0. The molecular formula is C36H61N3O25. The fourth-order valence-corrected chi connectivity index (χ4v) is 8.20. The van der Waals surface area contributed by atoms with Crippen LogP contribution in [0.1, 0.15) is 27.7 Å². The van der Waals surface area contributed by atoms with E-state index in [2.05, 4.69) is 16.0 Å². The van der Waals surface area contributed by atoms with E-state index in [1.165, 1.54) is 6.92 Å². The van der Waals surface area contributed by atoms with Crippen molar-refractivity contribution >= 4 is 17.7 Å². The Morgan fingerprint density at radius 3 is 1.41 bits per heavy atom. The van der Waals surface area contributed by atoms with Gasteiger partial charge in [-0.1, -0.05) is 0 Å². The lowest BCUT2D eigenvalue weighted by atomic mass is 9.93. The molecule has 0 aromatic rings. The Hall–Kier alpha value is -2.47. The predicted molar refractivity (Wildman–Crippen MR) is 200 cm³/mol. The zero-order chi connectivity index (χ0) is 47.5. The molecule has 5 heterocycles. The molecule has 0 saturated carbocycles. The Morgan fingerprint density at radius 2 is 0.844 bits per heavy atom. The van der Waals surface area contributed by atoms with Gasteiger partial charge in [0, 0.05) is 20.8 Å². The Bertz CT molecular complexity index is 1540. The number of amides is 3. The lowest BCUT2D eigenvalue weighted by Gasteiger charge is -2.51. The maximum atomic E-state index is 12.8. The normalized spacial score (nSPS) is 47.7. The third kappa shape index (κ3) is 11.4. The minimum absolute atomic E-state index is 0.662. The highest BCUT2D eigenvalue weighted by Gasteiger charge is 2.58. The quantitative estimate of drug-likeness (QED) is 0.0725. The molecule has 0 radical (unpaired) electrons. The van der Waals surface area contributed by atoms with Gasteiger partial charge in [0.1, 0.15) is 110 Å². The van der Waals surface area contributed by atoms with Crippen LogP contribution in [-0.4, -0.2) is 264 Å². The number of hydrogen-bond acceptors (Lipinski definition) is 25. The maximum absolute atomic E-state index is 12.8. The number of carbonyl (C=O) groups is 3. The zero-order valence-electron chi connectivity index (χ0n) is 35.0.